The van der Waals surface area contributed by atoms with Crippen molar-refractivity contribution in [1.29, 1.82) is 0 Å². The summed E-state index contributed by atoms with van der Waals surface area (Å²) < 4.78 is 18.7. The Bertz CT molecular complexity index is 1380. The van der Waals surface area contributed by atoms with Crippen LogP contribution in [-0.4, -0.2) is 87.2 Å². The van der Waals surface area contributed by atoms with Crippen molar-refractivity contribution in [2.24, 2.45) is 0 Å². The zero-order valence-corrected chi connectivity index (χ0v) is 26.8. The van der Waals surface area contributed by atoms with E-state index in [-0.39, 0.29) is 29.3 Å². The van der Waals surface area contributed by atoms with Gasteiger partial charge in [-0.2, -0.15) is 0 Å². The first kappa shape index (κ1) is 32.5. The zero-order chi connectivity index (χ0) is 30.5. The maximum Gasteiger partial charge on any atom is 0.247 e. The number of hydrogen-bond donors (Lipinski definition) is 4. The highest BCUT2D eigenvalue weighted by Gasteiger charge is 2.35. The van der Waals surface area contributed by atoms with E-state index in [0.29, 0.717) is 29.2 Å². The number of nitrogens with one attached hydrogen (secondary N) is 4. The number of carbonyl (C=O) groups excluding carboxylic acids is 1. The summed E-state index contributed by atoms with van der Waals surface area (Å²) in [6.07, 6.45) is 0.577. The number of anilines is 3. The fourth-order valence-electron chi connectivity index (χ4n) is 4.20. The molecule has 9 nitrogen and oxygen atoms in total. The van der Waals surface area contributed by atoms with Gasteiger partial charge in [0.2, 0.25) is 5.91 Å². The van der Waals surface area contributed by atoms with E-state index in [1.165, 1.54) is 6.08 Å². The Morgan fingerprint density at radius 2 is 1.90 bits per heavy atom. The Morgan fingerprint density at radius 1 is 1.22 bits per heavy atom. The minimum Gasteiger partial charge on any atom is -0.495 e. The van der Waals surface area contributed by atoms with E-state index in [0.717, 1.165) is 11.0 Å². The van der Waals surface area contributed by atoms with Crippen molar-refractivity contribution in [2.75, 3.05) is 64.1 Å². The van der Waals surface area contributed by atoms with Crippen LogP contribution in [0, 0.1) is 11.8 Å². The number of rotatable bonds is 9. The van der Waals surface area contributed by atoms with Crippen molar-refractivity contribution in [3.63, 3.8) is 0 Å². The van der Waals surface area contributed by atoms with Crippen molar-refractivity contribution < 1.29 is 14.1 Å². The van der Waals surface area contributed by atoms with Gasteiger partial charge in [0.25, 0.3) is 0 Å². The maximum atomic E-state index is 12.9. The molecule has 3 unspecified atom stereocenters. The average Bonchev–Trinajstić information content (AvgIpc) is 2.91. The zero-order valence-electron chi connectivity index (χ0n) is 25.1. The molecule has 41 heavy (non-hydrogen) atoms. The van der Waals surface area contributed by atoms with Crippen LogP contribution in [0.25, 0.3) is 0 Å². The molecule has 1 amide bonds. The number of amides is 1. The van der Waals surface area contributed by atoms with E-state index < -0.39 is 7.14 Å². The van der Waals surface area contributed by atoms with Crippen LogP contribution in [0.4, 0.5) is 17.1 Å². The number of ether oxygens (including phenoxy) is 1. The molecular weight excluding hydrogens is 559 g/mol. The highest BCUT2D eigenvalue weighted by atomic mass is 35.5. The van der Waals surface area contributed by atoms with E-state index in [2.05, 4.69) is 39.7 Å². The van der Waals surface area contributed by atoms with Crippen LogP contribution in [-0.2, 0) is 9.36 Å². The van der Waals surface area contributed by atoms with Crippen LogP contribution in [0.1, 0.15) is 19.4 Å². The quantitative estimate of drug-likeness (QED) is 0.148. The van der Waals surface area contributed by atoms with Gasteiger partial charge in [0.15, 0.2) is 0 Å². The normalized spacial score (nSPS) is 19.6. The second-order valence-electron chi connectivity index (χ2n) is 11.1. The van der Waals surface area contributed by atoms with Gasteiger partial charge in [-0.3, -0.25) is 19.9 Å². The summed E-state index contributed by atoms with van der Waals surface area (Å²) in [5.41, 5.74) is 2.19. The Hall–Kier alpha value is -2.99. The Kier molecular flexibility index (Phi) is 10.6. The first-order valence-electron chi connectivity index (χ1n) is 13.3. The molecule has 2 aromatic carbocycles. The molecule has 0 bridgehead atoms. The van der Waals surface area contributed by atoms with Crippen molar-refractivity contribution in [3.8, 4) is 17.6 Å². The van der Waals surface area contributed by atoms with Gasteiger partial charge in [0.1, 0.15) is 19.2 Å². The smallest absolute Gasteiger partial charge is 0.247 e. The summed E-state index contributed by atoms with van der Waals surface area (Å²) in [5, 5.41) is 13.8. The highest BCUT2D eigenvalue weighted by Crippen LogP contribution is 2.38. The molecule has 2 aromatic rings. The fourth-order valence-corrected chi connectivity index (χ4v) is 5.69. The second kappa shape index (κ2) is 13.3. The van der Waals surface area contributed by atoms with Crippen LogP contribution >= 0.6 is 18.7 Å². The van der Waals surface area contributed by atoms with Gasteiger partial charge in [0, 0.05) is 23.6 Å². The largest absolute Gasteiger partial charge is 0.495 e. The molecule has 222 valence electrons. The van der Waals surface area contributed by atoms with Gasteiger partial charge in [-0.25, -0.2) is 0 Å². The lowest BCUT2D eigenvalue weighted by Crippen LogP contribution is -2.65. The standard InChI is InChI=1S/C30H42ClN6O3P/c1-10-27(38)33-23-18-24(25(40-7)17-20(23)15-16-30(2,3)36(4)5)35-29-32-19-21(31)28(37(29)6)34-22-13-11-12-14-26(22)41(8,9)39/h10-14,17-18,21,28-29,32,34-35H,1,19H2,2-9H3,(H,33,38). The number of nitrogens with zero attached hydrogens (tertiary/aromatic N) is 2. The Morgan fingerprint density at radius 3 is 2.51 bits per heavy atom. The molecule has 4 N–H and O–H groups in total. The van der Waals surface area contributed by atoms with Gasteiger partial charge < -0.3 is 25.3 Å². The number of carbonyl (C=O) groups is 1. The molecule has 3 atom stereocenters. The molecule has 1 fully saturated rings. The Balaban J connectivity index is 1.96. The molecule has 0 aromatic heterocycles. The van der Waals surface area contributed by atoms with Crippen LogP contribution in [0.3, 0.4) is 0 Å². The summed E-state index contributed by atoms with van der Waals surface area (Å²) in [5.74, 6) is 6.70. The SMILES string of the molecule is C=CC(=O)Nc1cc(NC2NCC(Cl)C(Nc3ccccc3P(C)(C)=O)N2C)c(OC)cc1C#CC(C)(C)N(C)C. The second-order valence-corrected chi connectivity index (χ2v) is 14.8. The fraction of sp³-hybridized carbons (Fsp3) is 0.433. The summed E-state index contributed by atoms with van der Waals surface area (Å²) in [6.45, 7) is 11.6. The molecule has 11 heteroatoms. The van der Waals surface area contributed by atoms with E-state index in [4.69, 9.17) is 16.3 Å². The minimum atomic E-state index is -2.52. The number of benzene rings is 2. The van der Waals surface area contributed by atoms with E-state index in [1.54, 1.807) is 32.6 Å². The molecule has 1 aliphatic heterocycles. The van der Waals surface area contributed by atoms with E-state index in [9.17, 15) is 9.36 Å². The van der Waals surface area contributed by atoms with Gasteiger partial charge in [-0.05, 0) is 72.6 Å². The molecule has 0 radical (unpaired) electrons. The summed E-state index contributed by atoms with van der Waals surface area (Å²) in [4.78, 5) is 16.4. The average molecular weight is 601 g/mol. The number of alkyl halides is 1. The summed E-state index contributed by atoms with van der Waals surface area (Å²) in [7, 11) is 4.94. The summed E-state index contributed by atoms with van der Waals surface area (Å²) in [6, 6.07) is 11.2. The van der Waals surface area contributed by atoms with Crippen molar-refractivity contribution in [1.82, 2.24) is 15.1 Å². The third kappa shape index (κ3) is 8.06. The van der Waals surface area contributed by atoms with Crippen molar-refractivity contribution in [2.45, 2.75) is 37.2 Å². The van der Waals surface area contributed by atoms with Gasteiger partial charge in [-0.15, -0.1) is 11.6 Å². The van der Waals surface area contributed by atoms with Gasteiger partial charge in [-0.1, -0.05) is 30.6 Å². The predicted molar refractivity (Wildman–Crippen MR) is 172 cm³/mol. The van der Waals surface area contributed by atoms with Crippen LogP contribution < -0.4 is 31.3 Å². The predicted octanol–water partition coefficient (Wildman–Crippen LogP) is 4.04. The third-order valence-electron chi connectivity index (χ3n) is 7.18. The Labute approximate surface area is 249 Å². The lowest BCUT2D eigenvalue weighted by atomic mass is 10.0. The first-order chi connectivity index (χ1) is 19.2. The lowest BCUT2D eigenvalue weighted by Gasteiger charge is -2.44. The van der Waals surface area contributed by atoms with Crippen LogP contribution in [0.2, 0.25) is 0 Å². The monoisotopic (exact) mass is 600 g/mol. The molecule has 0 aliphatic carbocycles. The number of methoxy groups -OCH3 is 1. The molecule has 1 aliphatic rings. The molecule has 3 rings (SSSR count). The lowest BCUT2D eigenvalue weighted by molar-refractivity contribution is -0.111. The van der Waals surface area contributed by atoms with Crippen LogP contribution in [0.15, 0.2) is 49.1 Å². The molecule has 1 saturated heterocycles. The van der Waals surface area contributed by atoms with Crippen molar-refractivity contribution >= 4 is 47.0 Å². The molecular formula is C30H42ClN6O3P. The highest BCUT2D eigenvalue weighted by molar-refractivity contribution is 7.70. The first-order valence-corrected chi connectivity index (χ1v) is 16.3. The van der Waals surface area contributed by atoms with Crippen molar-refractivity contribution in [3.05, 3.63) is 54.6 Å². The topological polar surface area (TPSA) is 98.0 Å². The number of hydrogen-bond acceptors (Lipinski definition) is 8. The maximum absolute atomic E-state index is 12.9. The minimum absolute atomic E-state index is 0.277. The molecule has 0 saturated carbocycles. The van der Waals surface area contributed by atoms with Gasteiger partial charge in [0.05, 0.1) is 41.1 Å². The van der Waals surface area contributed by atoms with E-state index in [1.807, 2.05) is 69.1 Å². The van der Waals surface area contributed by atoms with Crippen LogP contribution in [0.5, 0.6) is 5.75 Å². The third-order valence-corrected chi connectivity index (χ3v) is 9.12. The summed E-state index contributed by atoms with van der Waals surface area (Å²) >= 11 is 6.77. The van der Waals surface area contributed by atoms with E-state index >= 15 is 0 Å². The number of halogens is 1. The number of para-hydroxylation sites is 1. The van der Waals surface area contributed by atoms with Gasteiger partial charge >= 0.3 is 0 Å². The molecule has 0 spiro atoms. The molecule has 1 heterocycles.